The summed E-state index contributed by atoms with van der Waals surface area (Å²) in [5, 5.41) is 0. The Morgan fingerprint density at radius 3 is 2.24 bits per heavy atom. The molecule has 0 spiro atoms. The van der Waals surface area contributed by atoms with E-state index in [1.54, 1.807) is 27.4 Å². The van der Waals surface area contributed by atoms with Gasteiger partial charge in [-0.1, -0.05) is 18.3 Å². The lowest BCUT2D eigenvalue weighted by atomic mass is 10.4. The van der Waals surface area contributed by atoms with Crippen LogP contribution in [-0.2, 0) is 13.3 Å². The lowest BCUT2D eigenvalue weighted by Gasteiger charge is -2.26. The zero-order valence-corrected chi connectivity index (χ0v) is 13.4. The quantitative estimate of drug-likeness (QED) is 0.304. The highest BCUT2D eigenvalue weighted by Gasteiger charge is 2.37. The molecule has 4 nitrogen and oxygen atoms in total. The minimum atomic E-state index is -2.46. The van der Waals surface area contributed by atoms with Gasteiger partial charge in [0.1, 0.15) is 4.32 Å². The summed E-state index contributed by atoms with van der Waals surface area (Å²) in [6.07, 6.45) is 2.67. The largest absolute Gasteiger partial charge is 0.500 e. The number of hydrogen-bond donors (Lipinski definition) is 1. The number of hydrogen-bond acceptors (Lipinski definition) is 4. The highest BCUT2D eigenvalue weighted by atomic mass is 32.1. The van der Waals surface area contributed by atoms with Crippen LogP contribution in [0.5, 0.6) is 0 Å². The minimum absolute atomic E-state index is 0.574. The van der Waals surface area contributed by atoms with Crippen LogP contribution in [0.1, 0.15) is 6.42 Å². The molecular formula is C10H21NO3S2Si. The van der Waals surface area contributed by atoms with Gasteiger partial charge in [0, 0.05) is 40.5 Å². The molecule has 0 atom stereocenters. The fraction of sp³-hybridized carbons (Fsp3) is 0.700. The van der Waals surface area contributed by atoms with Crippen molar-refractivity contribution in [2.75, 3.05) is 34.4 Å². The first-order valence-electron chi connectivity index (χ1n) is 5.29. The molecular weight excluding hydrogens is 274 g/mol. The number of rotatable bonds is 9. The average Bonchev–Trinajstić information content (AvgIpc) is 2.34. The maximum atomic E-state index is 5.34. The summed E-state index contributed by atoms with van der Waals surface area (Å²) in [5.41, 5.74) is 0. The number of thiol groups is 1. The summed E-state index contributed by atoms with van der Waals surface area (Å²) < 4.78 is 16.6. The predicted octanol–water partition coefficient (Wildman–Crippen LogP) is 1.96. The molecule has 0 saturated heterocycles. The van der Waals surface area contributed by atoms with Gasteiger partial charge in [0.05, 0.1) is 0 Å². The third-order valence-electron chi connectivity index (χ3n) is 2.46. The van der Waals surface area contributed by atoms with Crippen molar-refractivity contribution < 1.29 is 13.3 Å². The second kappa shape index (κ2) is 9.07. The van der Waals surface area contributed by atoms with E-state index >= 15 is 0 Å². The molecule has 0 fully saturated rings. The van der Waals surface area contributed by atoms with Crippen molar-refractivity contribution >= 4 is 38.0 Å². The van der Waals surface area contributed by atoms with Crippen LogP contribution in [0.2, 0.25) is 6.04 Å². The van der Waals surface area contributed by atoms with Crippen LogP contribution in [0.3, 0.4) is 0 Å². The Morgan fingerprint density at radius 2 is 1.88 bits per heavy atom. The van der Waals surface area contributed by atoms with Crippen LogP contribution in [0, 0.1) is 0 Å². The van der Waals surface area contributed by atoms with Crippen molar-refractivity contribution in [1.29, 1.82) is 0 Å². The van der Waals surface area contributed by atoms with Gasteiger partial charge in [-0.05, 0) is 6.42 Å². The number of thiocarbonyl (C=S) groups is 1. The molecule has 0 radical (unpaired) electrons. The Bertz CT molecular complexity index is 241. The lowest BCUT2D eigenvalue weighted by Crippen LogP contribution is -2.43. The lowest BCUT2D eigenvalue weighted by molar-refractivity contribution is 0.122. The van der Waals surface area contributed by atoms with E-state index in [1.807, 2.05) is 4.90 Å². The van der Waals surface area contributed by atoms with Gasteiger partial charge >= 0.3 is 8.80 Å². The van der Waals surface area contributed by atoms with Crippen molar-refractivity contribution in [3.8, 4) is 0 Å². The van der Waals surface area contributed by atoms with Gasteiger partial charge in [-0.15, -0.1) is 19.2 Å². The third kappa shape index (κ3) is 5.98. The van der Waals surface area contributed by atoms with E-state index in [2.05, 4.69) is 19.2 Å². The van der Waals surface area contributed by atoms with Crippen molar-refractivity contribution in [2.24, 2.45) is 0 Å². The normalized spacial score (nSPS) is 11.3. The molecule has 0 aromatic carbocycles. The molecule has 0 aliphatic carbocycles. The molecule has 0 amide bonds. The predicted molar refractivity (Wildman–Crippen MR) is 79.6 cm³/mol. The fourth-order valence-corrected chi connectivity index (χ4v) is 3.51. The summed E-state index contributed by atoms with van der Waals surface area (Å²) in [7, 11) is 2.38. The summed E-state index contributed by atoms with van der Waals surface area (Å²) in [6.45, 7) is 5.18. The Kier molecular flexibility index (Phi) is 9.11. The first-order chi connectivity index (χ1) is 8.05. The maximum absolute atomic E-state index is 5.34. The molecule has 0 aromatic rings. The van der Waals surface area contributed by atoms with Gasteiger partial charge in [-0.25, -0.2) is 0 Å². The Hall–Kier alpha value is 0.0769. The van der Waals surface area contributed by atoms with Gasteiger partial charge in [-0.3, -0.25) is 0 Å². The van der Waals surface area contributed by atoms with Gasteiger partial charge < -0.3 is 18.2 Å². The van der Waals surface area contributed by atoms with Crippen LogP contribution < -0.4 is 0 Å². The third-order valence-corrected chi connectivity index (χ3v) is 5.84. The van der Waals surface area contributed by atoms with Crippen LogP contribution in [-0.4, -0.2) is 52.4 Å². The highest BCUT2D eigenvalue weighted by Crippen LogP contribution is 2.15. The number of nitrogens with zero attached hydrogens (tertiary/aromatic N) is 1. The highest BCUT2D eigenvalue weighted by molar-refractivity contribution is 8.10. The topological polar surface area (TPSA) is 30.9 Å². The van der Waals surface area contributed by atoms with Gasteiger partial charge in [0.2, 0.25) is 0 Å². The van der Waals surface area contributed by atoms with Crippen molar-refractivity contribution in [2.45, 2.75) is 12.5 Å². The van der Waals surface area contributed by atoms with E-state index in [0.29, 0.717) is 10.9 Å². The zero-order valence-electron chi connectivity index (χ0n) is 10.6. The molecule has 0 aliphatic heterocycles. The molecule has 7 heteroatoms. The second-order valence-electron chi connectivity index (χ2n) is 3.42. The molecule has 17 heavy (non-hydrogen) atoms. The molecule has 0 heterocycles. The molecule has 0 aromatic heterocycles. The molecule has 0 N–H and O–H groups in total. The summed E-state index contributed by atoms with van der Waals surface area (Å²) in [4.78, 5) is 1.96. The SMILES string of the molecule is C=CCN(CCC[Si](OC)(OC)OC)C(=S)S. The molecule has 0 unspecified atom stereocenters. The Balaban J connectivity index is 4.17. The van der Waals surface area contributed by atoms with Gasteiger partial charge in [0.15, 0.2) is 0 Å². The summed E-state index contributed by atoms with van der Waals surface area (Å²) in [6, 6.07) is 0.751. The summed E-state index contributed by atoms with van der Waals surface area (Å²) in [5.74, 6) is 0. The fourth-order valence-electron chi connectivity index (χ4n) is 1.46. The monoisotopic (exact) mass is 295 g/mol. The summed E-state index contributed by atoms with van der Waals surface area (Å²) >= 11 is 9.20. The van der Waals surface area contributed by atoms with Crippen molar-refractivity contribution in [3.63, 3.8) is 0 Å². The smallest absolute Gasteiger partial charge is 0.377 e. The van der Waals surface area contributed by atoms with Crippen molar-refractivity contribution in [1.82, 2.24) is 4.90 Å². The van der Waals surface area contributed by atoms with E-state index in [9.17, 15) is 0 Å². The minimum Gasteiger partial charge on any atom is -0.377 e. The van der Waals surface area contributed by atoms with Crippen LogP contribution in [0.15, 0.2) is 12.7 Å². The van der Waals surface area contributed by atoms with Crippen LogP contribution in [0.25, 0.3) is 0 Å². The van der Waals surface area contributed by atoms with Gasteiger partial charge in [-0.2, -0.15) is 0 Å². The molecule has 100 valence electrons. The van der Waals surface area contributed by atoms with Crippen LogP contribution in [0.4, 0.5) is 0 Å². The Labute approximate surface area is 116 Å². The molecule has 0 bridgehead atoms. The van der Waals surface area contributed by atoms with E-state index in [4.69, 9.17) is 25.5 Å². The Morgan fingerprint density at radius 1 is 1.35 bits per heavy atom. The van der Waals surface area contributed by atoms with Crippen molar-refractivity contribution in [3.05, 3.63) is 12.7 Å². The first kappa shape index (κ1) is 17.1. The van der Waals surface area contributed by atoms with E-state index in [1.165, 1.54) is 0 Å². The molecule has 0 saturated carbocycles. The standard InChI is InChI=1S/C10H21NO3S2Si/c1-5-7-11(10(15)16)8-6-9-17(12-2,13-3)14-4/h5H,1,6-9H2,2-4H3,(H,15,16). The van der Waals surface area contributed by atoms with Crippen LogP contribution >= 0.6 is 24.8 Å². The van der Waals surface area contributed by atoms with E-state index in [0.717, 1.165) is 19.0 Å². The van der Waals surface area contributed by atoms with Gasteiger partial charge in [0.25, 0.3) is 0 Å². The zero-order chi connectivity index (χ0) is 13.3. The first-order valence-corrected chi connectivity index (χ1v) is 8.08. The molecule has 0 rings (SSSR count). The van der Waals surface area contributed by atoms with E-state index < -0.39 is 8.80 Å². The van der Waals surface area contributed by atoms with E-state index in [-0.39, 0.29) is 0 Å². The second-order valence-corrected chi connectivity index (χ2v) is 7.62. The molecule has 0 aliphatic rings. The average molecular weight is 296 g/mol. The maximum Gasteiger partial charge on any atom is 0.500 e.